The van der Waals surface area contributed by atoms with Crippen LogP contribution in [0.3, 0.4) is 0 Å². The van der Waals surface area contributed by atoms with Crippen molar-refractivity contribution in [1.29, 1.82) is 0 Å². The van der Waals surface area contributed by atoms with Crippen LogP contribution in [0.25, 0.3) is 5.69 Å². The van der Waals surface area contributed by atoms with Gasteiger partial charge in [-0.3, -0.25) is 9.69 Å². The monoisotopic (exact) mass is 350 g/mol. The van der Waals surface area contributed by atoms with Crippen LogP contribution in [0, 0.1) is 0 Å². The second-order valence-corrected chi connectivity index (χ2v) is 6.98. The lowest BCUT2D eigenvalue weighted by molar-refractivity contribution is 0.238. The van der Waals surface area contributed by atoms with Crippen LogP contribution in [0.5, 0.6) is 0 Å². The first-order valence-electron chi connectivity index (χ1n) is 8.91. The molecule has 0 unspecified atom stereocenters. The van der Waals surface area contributed by atoms with Crippen molar-refractivity contribution in [2.75, 3.05) is 6.54 Å². The van der Waals surface area contributed by atoms with Crippen LogP contribution in [0.15, 0.2) is 41.3 Å². The van der Waals surface area contributed by atoms with Gasteiger partial charge in [0, 0.05) is 32.0 Å². The van der Waals surface area contributed by atoms with E-state index in [1.165, 1.54) is 0 Å². The molecular formula is C19H22N6O. The molecule has 3 aromatic rings. The third kappa shape index (κ3) is 3.30. The Morgan fingerprint density at radius 2 is 2.04 bits per heavy atom. The van der Waals surface area contributed by atoms with Gasteiger partial charge in [0.25, 0.3) is 5.56 Å². The van der Waals surface area contributed by atoms with Gasteiger partial charge in [0.05, 0.1) is 28.8 Å². The number of fused-ring (bicyclic) bond motifs is 1. The quantitative estimate of drug-likeness (QED) is 0.779. The molecule has 0 saturated heterocycles. The van der Waals surface area contributed by atoms with Crippen molar-refractivity contribution in [3.63, 3.8) is 0 Å². The van der Waals surface area contributed by atoms with E-state index in [9.17, 15) is 4.79 Å². The zero-order valence-corrected chi connectivity index (χ0v) is 15.0. The molecule has 0 radical (unpaired) electrons. The van der Waals surface area contributed by atoms with Crippen molar-refractivity contribution in [2.45, 2.75) is 39.3 Å². The average Bonchev–Trinajstić information content (AvgIpc) is 3.11. The van der Waals surface area contributed by atoms with Crippen LogP contribution < -0.4 is 5.56 Å². The molecule has 0 amide bonds. The Morgan fingerprint density at radius 1 is 1.23 bits per heavy atom. The van der Waals surface area contributed by atoms with Gasteiger partial charge < -0.3 is 4.98 Å². The maximum absolute atomic E-state index is 12.4. The van der Waals surface area contributed by atoms with Gasteiger partial charge in [0.1, 0.15) is 5.82 Å². The molecule has 4 rings (SSSR count). The van der Waals surface area contributed by atoms with E-state index in [0.717, 1.165) is 41.4 Å². The number of rotatable bonds is 4. The number of aromatic nitrogens is 5. The maximum atomic E-state index is 12.4. The predicted molar refractivity (Wildman–Crippen MR) is 98.1 cm³/mol. The van der Waals surface area contributed by atoms with Gasteiger partial charge in [0.2, 0.25) is 0 Å². The van der Waals surface area contributed by atoms with Gasteiger partial charge in [-0.25, -0.2) is 9.67 Å². The fourth-order valence-corrected chi connectivity index (χ4v) is 3.22. The van der Waals surface area contributed by atoms with E-state index < -0.39 is 0 Å². The summed E-state index contributed by atoms with van der Waals surface area (Å²) in [4.78, 5) is 22.2. The van der Waals surface area contributed by atoms with Crippen LogP contribution in [-0.2, 0) is 19.5 Å². The maximum Gasteiger partial charge on any atom is 0.255 e. The Hall–Kier alpha value is -2.80. The molecule has 0 aliphatic carbocycles. The summed E-state index contributed by atoms with van der Waals surface area (Å²) in [6, 6.07) is 9.91. The fraction of sp³-hybridized carbons (Fsp3) is 0.368. The first kappa shape index (κ1) is 16.7. The lowest BCUT2D eigenvalue weighted by Crippen LogP contribution is -2.36. The smallest absolute Gasteiger partial charge is 0.255 e. The summed E-state index contributed by atoms with van der Waals surface area (Å²) in [6.07, 6.45) is 2.72. The van der Waals surface area contributed by atoms with Crippen molar-refractivity contribution in [3.8, 4) is 5.69 Å². The highest BCUT2D eigenvalue weighted by molar-refractivity contribution is 5.30. The molecule has 1 aliphatic heterocycles. The molecule has 7 heteroatoms. The Bertz CT molecular complexity index is 960. The minimum Gasteiger partial charge on any atom is -0.310 e. The van der Waals surface area contributed by atoms with E-state index in [4.69, 9.17) is 0 Å². The van der Waals surface area contributed by atoms with Crippen molar-refractivity contribution in [2.24, 2.45) is 0 Å². The lowest BCUT2D eigenvalue weighted by atomic mass is 10.1. The molecule has 7 nitrogen and oxygen atoms in total. The zero-order valence-electron chi connectivity index (χ0n) is 15.0. The summed E-state index contributed by atoms with van der Waals surface area (Å²) in [5.41, 5.74) is 3.56. The molecule has 3 heterocycles. The highest BCUT2D eigenvalue weighted by Crippen LogP contribution is 2.18. The van der Waals surface area contributed by atoms with Crippen LogP contribution in [0.2, 0.25) is 0 Å². The molecule has 2 aromatic heterocycles. The molecule has 0 bridgehead atoms. The van der Waals surface area contributed by atoms with Crippen LogP contribution in [-0.4, -0.2) is 36.4 Å². The molecule has 1 aliphatic rings. The van der Waals surface area contributed by atoms with Crippen LogP contribution in [0.4, 0.5) is 0 Å². The zero-order chi connectivity index (χ0) is 18.1. The topological polar surface area (TPSA) is 79.7 Å². The van der Waals surface area contributed by atoms with Gasteiger partial charge >= 0.3 is 0 Å². The second kappa shape index (κ2) is 6.84. The third-order valence-electron chi connectivity index (χ3n) is 4.66. The lowest BCUT2D eigenvalue weighted by Gasteiger charge is -2.27. The number of benzene rings is 1. The Labute approximate surface area is 151 Å². The van der Waals surface area contributed by atoms with Gasteiger partial charge in [-0.1, -0.05) is 37.3 Å². The van der Waals surface area contributed by atoms with E-state index in [-0.39, 0.29) is 11.5 Å². The number of nitrogens with one attached hydrogen (secondary N) is 1. The SMILES string of the molecule is CC(C)c1nc2c(c(=O)[nH]1)CN(Cc1cn(-c3ccccc3)nn1)CC2. The van der Waals surface area contributed by atoms with Gasteiger partial charge in [0.15, 0.2) is 0 Å². The summed E-state index contributed by atoms with van der Waals surface area (Å²) in [6.45, 7) is 6.19. The number of para-hydroxylation sites is 1. The third-order valence-corrected chi connectivity index (χ3v) is 4.66. The van der Waals surface area contributed by atoms with Crippen molar-refractivity contribution in [1.82, 2.24) is 29.9 Å². The van der Waals surface area contributed by atoms with Gasteiger partial charge in [-0.15, -0.1) is 5.10 Å². The Kier molecular flexibility index (Phi) is 4.38. The predicted octanol–water partition coefficient (Wildman–Crippen LogP) is 2.03. The van der Waals surface area contributed by atoms with E-state index in [1.807, 2.05) is 50.4 Å². The van der Waals surface area contributed by atoms with E-state index in [2.05, 4.69) is 25.2 Å². The van der Waals surface area contributed by atoms with Crippen molar-refractivity contribution >= 4 is 0 Å². The molecule has 26 heavy (non-hydrogen) atoms. The van der Waals surface area contributed by atoms with Gasteiger partial charge in [-0.2, -0.15) is 0 Å². The normalized spacial score (nSPS) is 14.6. The molecule has 1 N–H and O–H groups in total. The van der Waals surface area contributed by atoms with Gasteiger partial charge in [-0.05, 0) is 12.1 Å². The minimum atomic E-state index is -0.0173. The standard InChI is InChI=1S/C19H22N6O/c1-13(2)18-20-17-8-9-24(12-16(17)19(26)21-18)10-14-11-25(23-22-14)15-6-4-3-5-7-15/h3-7,11,13H,8-10,12H2,1-2H3,(H,20,21,26). The van der Waals surface area contributed by atoms with E-state index in [0.29, 0.717) is 13.1 Å². The molecule has 0 saturated carbocycles. The number of hydrogen-bond acceptors (Lipinski definition) is 5. The summed E-state index contributed by atoms with van der Waals surface area (Å²) >= 11 is 0. The first-order chi connectivity index (χ1) is 12.6. The van der Waals surface area contributed by atoms with E-state index in [1.54, 1.807) is 4.68 Å². The van der Waals surface area contributed by atoms with Crippen LogP contribution in [0.1, 0.15) is 42.5 Å². The Balaban J connectivity index is 1.50. The van der Waals surface area contributed by atoms with Crippen molar-refractivity contribution in [3.05, 3.63) is 69.7 Å². The number of aromatic amines is 1. The second-order valence-electron chi connectivity index (χ2n) is 6.98. The molecule has 0 spiro atoms. The Morgan fingerprint density at radius 3 is 2.81 bits per heavy atom. The minimum absolute atomic E-state index is 0.0173. The summed E-state index contributed by atoms with van der Waals surface area (Å²) < 4.78 is 1.77. The highest BCUT2D eigenvalue weighted by Gasteiger charge is 2.22. The summed E-state index contributed by atoms with van der Waals surface area (Å²) in [5.74, 6) is 0.993. The highest BCUT2D eigenvalue weighted by atomic mass is 16.1. The number of hydrogen-bond donors (Lipinski definition) is 1. The van der Waals surface area contributed by atoms with Crippen LogP contribution >= 0.6 is 0 Å². The average molecular weight is 350 g/mol. The first-order valence-corrected chi connectivity index (χ1v) is 8.91. The molecule has 0 fully saturated rings. The molecular weight excluding hydrogens is 328 g/mol. The summed E-state index contributed by atoms with van der Waals surface area (Å²) in [5, 5.41) is 8.48. The largest absolute Gasteiger partial charge is 0.310 e. The van der Waals surface area contributed by atoms with Crippen molar-refractivity contribution < 1.29 is 0 Å². The fourth-order valence-electron chi connectivity index (χ4n) is 3.22. The van der Waals surface area contributed by atoms with E-state index >= 15 is 0 Å². The number of nitrogens with zero attached hydrogens (tertiary/aromatic N) is 5. The molecule has 1 aromatic carbocycles. The summed E-state index contributed by atoms with van der Waals surface area (Å²) in [7, 11) is 0. The molecule has 0 atom stereocenters. The molecule has 134 valence electrons. The number of H-pyrrole nitrogens is 1.